The smallest absolute Gasteiger partial charge is 0.460 e. The van der Waals surface area contributed by atoms with E-state index in [9.17, 15) is 97.0 Å². The molecule has 23 heteroatoms. The molecule has 8 unspecified atom stereocenters. The summed E-state index contributed by atoms with van der Waals surface area (Å²) in [5, 5.41) is 0. The van der Waals surface area contributed by atoms with Crippen LogP contribution in [0.5, 0.6) is 0 Å². The van der Waals surface area contributed by atoms with Crippen molar-refractivity contribution >= 4 is 5.97 Å². The third-order valence-corrected chi connectivity index (χ3v) is 14.8. The van der Waals surface area contributed by atoms with Crippen molar-refractivity contribution in [1.29, 1.82) is 0 Å². The van der Waals surface area contributed by atoms with Gasteiger partial charge in [0.25, 0.3) is 0 Å². The van der Waals surface area contributed by atoms with E-state index >= 15 is 0 Å². The van der Waals surface area contributed by atoms with Crippen LogP contribution in [0.1, 0.15) is 118 Å². The largest absolute Gasteiger partial charge is 0.462 e. The molecule has 4 rings (SSSR count). The van der Waals surface area contributed by atoms with Gasteiger partial charge < -0.3 is 4.74 Å². The van der Waals surface area contributed by atoms with Crippen LogP contribution in [0.15, 0.2) is 11.6 Å². The Bertz CT molecular complexity index is 1690. The van der Waals surface area contributed by atoms with Crippen LogP contribution in [0, 0.1) is 46.3 Å². The van der Waals surface area contributed by atoms with E-state index in [4.69, 9.17) is 4.74 Å². The van der Waals surface area contributed by atoms with Gasteiger partial charge in [-0.2, -0.15) is 92.2 Å². The summed E-state index contributed by atoms with van der Waals surface area (Å²) in [6.45, 7) is 11.1. The number of ether oxygens (including phenoxy) is 1. The number of esters is 1. The Labute approximate surface area is 349 Å². The zero-order chi connectivity index (χ0) is 48.8. The maximum Gasteiger partial charge on any atom is 0.460 e. The van der Waals surface area contributed by atoms with Crippen molar-refractivity contribution in [2.24, 2.45) is 46.3 Å². The van der Waals surface area contributed by atoms with Crippen LogP contribution in [-0.4, -0.2) is 71.6 Å². The lowest BCUT2D eigenvalue weighted by Gasteiger charge is -2.58. The van der Waals surface area contributed by atoms with E-state index in [1.807, 2.05) is 13.0 Å². The average Bonchev–Trinajstić information content (AvgIpc) is 3.50. The number of hydrogen-bond acceptors (Lipinski definition) is 2. The Balaban J connectivity index is 1.44. The fraction of sp³-hybridized carbons (Fsp3) is 0.925. The molecule has 368 valence electrons. The van der Waals surface area contributed by atoms with E-state index < -0.39 is 89.8 Å². The lowest BCUT2D eigenvalue weighted by Crippen LogP contribution is -2.76. The van der Waals surface area contributed by atoms with E-state index in [0.717, 1.165) is 50.5 Å². The van der Waals surface area contributed by atoms with Crippen LogP contribution in [-0.2, 0) is 9.53 Å². The molecule has 4 aliphatic rings. The van der Waals surface area contributed by atoms with Gasteiger partial charge in [0.2, 0.25) is 0 Å². The summed E-state index contributed by atoms with van der Waals surface area (Å²) >= 11 is 0. The molecule has 0 aromatic carbocycles. The maximum atomic E-state index is 14.6. The summed E-state index contributed by atoms with van der Waals surface area (Å²) in [7, 11) is 0. The first-order chi connectivity index (χ1) is 28.1. The molecule has 0 aliphatic heterocycles. The van der Waals surface area contributed by atoms with Crippen molar-refractivity contribution in [1.82, 2.24) is 0 Å². The lowest BCUT2D eigenvalue weighted by atomic mass is 9.47. The first-order valence-electron chi connectivity index (χ1n) is 20.4. The van der Waals surface area contributed by atoms with Gasteiger partial charge in [0.15, 0.2) is 0 Å². The van der Waals surface area contributed by atoms with Gasteiger partial charge in [0.05, 0.1) is 6.42 Å². The fourth-order valence-electron chi connectivity index (χ4n) is 11.0. The highest BCUT2D eigenvalue weighted by molar-refractivity contribution is 5.69. The Morgan fingerprint density at radius 3 is 1.62 bits per heavy atom. The standard InChI is InChI=1S/C40H49F21O2/c1-20(2)7-6-8-21(3)25-11-12-26-24-10-9-22-19-23(13-16-29(22,4)27(24)14-17-30(25,26)5)63-28(62)15-18-31(41,42)32(43,44)33(45,46)34(47,48)35(49,50)36(51,52)37(53,54)38(55,56)39(57,58)40(59,60)61/h9,20-21,23-27H,6-8,10-19H2,1-5H3. The van der Waals surface area contributed by atoms with Crippen molar-refractivity contribution in [3.05, 3.63) is 11.6 Å². The zero-order valence-corrected chi connectivity index (χ0v) is 34.6. The Morgan fingerprint density at radius 2 is 1.13 bits per heavy atom. The van der Waals surface area contributed by atoms with Gasteiger partial charge in [-0.15, -0.1) is 0 Å². The number of rotatable bonds is 17. The van der Waals surface area contributed by atoms with Gasteiger partial charge in [-0.05, 0) is 91.3 Å². The molecular weight excluding hydrogens is 911 g/mol. The molecular formula is C40H49F21O2. The van der Waals surface area contributed by atoms with Gasteiger partial charge in [-0.1, -0.05) is 65.5 Å². The summed E-state index contributed by atoms with van der Waals surface area (Å²) in [5.41, 5.74) is 0.581. The van der Waals surface area contributed by atoms with E-state index in [0.29, 0.717) is 42.4 Å². The second kappa shape index (κ2) is 16.5. The van der Waals surface area contributed by atoms with Gasteiger partial charge in [-0.25, -0.2) is 0 Å². The first kappa shape index (κ1) is 53.4. The molecule has 3 saturated carbocycles. The van der Waals surface area contributed by atoms with Crippen LogP contribution in [0.3, 0.4) is 0 Å². The summed E-state index contributed by atoms with van der Waals surface area (Å²) < 4.78 is 294. The number of fused-ring (bicyclic) bond motifs is 5. The van der Waals surface area contributed by atoms with Crippen molar-refractivity contribution in [3.63, 3.8) is 0 Å². The first-order valence-corrected chi connectivity index (χ1v) is 20.4. The number of carbonyl (C=O) groups is 1. The van der Waals surface area contributed by atoms with Crippen molar-refractivity contribution in [2.45, 2.75) is 184 Å². The van der Waals surface area contributed by atoms with Crippen LogP contribution in [0.4, 0.5) is 92.2 Å². The number of hydrogen-bond donors (Lipinski definition) is 0. The summed E-state index contributed by atoms with van der Waals surface area (Å²) in [4.78, 5) is 12.5. The number of allylic oxidation sites excluding steroid dienone is 1. The zero-order valence-electron chi connectivity index (χ0n) is 34.6. The summed E-state index contributed by atoms with van der Waals surface area (Å²) in [6.07, 6.45) is -3.60. The molecule has 0 saturated heterocycles. The predicted molar refractivity (Wildman–Crippen MR) is 183 cm³/mol. The topological polar surface area (TPSA) is 26.3 Å². The second-order valence-corrected chi connectivity index (χ2v) is 18.9. The lowest BCUT2D eigenvalue weighted by molar-refractivity contribution is -0.474. The second-order valence-electron chi connectivity index (χ2n) is 18.9. The van der Waals surface area contributed by atoms with Crippen LogP contribution < -0.4 is 0 Å². The number of carbonyl (C=O) groups excluding carboxylic acids is 1. The normalized spacial score (nSPS) is 30.1. The molecule has 0 radical (unpaired) electrons. The third-order valence-electron chi connectivity index (χ3n) is 14.8. The van der Waals surface area contributed by atoms with Crippen LogP contribution >= 0.6 is 0 Å². The molecule has 0 heterocycles. The molecule has 8 atom stereocenters. The fourth-order valence-corrected chi connectivity index (χ4v) is 11.0. The van der Waals surface area contributed by atoms with Crippen LogP contribution in [0.2, 0.25) is 0 Å². The molecule has 3 fully saturated rings. The minimum Gasteiger partial charge on any atom is -0.462 e. The Morgan fingerprint density at radius 1 is 0.635 bits per heavy atom. The van der Waals surface area contributed by atoms with Gasteiger partial charge in [0.1, 0.15) is 6.10 Å². The predicted octanol–water partition coefficient (Wildman–Crippen LogP) is 15.0. The van der Waals surface area contributed by atoms with E-state index in [1.165, 1.54) is 0 Å². The Hall–Kier alpha value is -2.26. The molecule has 0 aromatic rings. The number of alkyl halides is 21. The highest BCUT2D eigenvalue weighted by atomic mass is 19.4. The van der Waals surface area contributed by atoms with Crippen molar-refractivity contribution in [3.8, 4) is 0 Å². The molecule has 0 spiro atoms. The monoisotopic (exact) mass is 960 g/mol. The van der Waals surface area contributed by atoms with Crippen molar-refractivity contribution in [2.75, 3.05) is 0 Å². The van der Waals surface area contributed by atoms with Crippen LogP contribution in [0.25, 0.3) is 0 Å². The molecule has 4 aliphatic carbocycles. The maximum absolute atomic E-state index is 14.6. The van der Waals surface area contributed by atoms with E-state index in [1.54, 1.807) is 0 Å². The highest BCUT2D eigenvalue weighted by Gasteiger charge is 2.97. The minimum absolute atomic E-state index is 0.0155. The molecule has 63 heavy (non-hydrogen) atoms. The Kier molecular flexibility index (Phi) is 14.0. The SMILES string of the molecule is CC(C)CCCC(C)C1CCC2C3CC=C4CC(OC(=O)CCC(F)(F)C(F)(F)C(F)(F)C(F)(F)C(F)(F)C(F)(F)C(F)(F)C(F)(F)C(F)(F)C(F)(F)F)CCC4(C)C3CCC12C. The average molecular weight is 961 g/mol. The summed E-state index contributed by atoms with van der Waals surface area (Å²) in [5.74, 6) is -76.8. The third kappa shape index (κ3) is 8.11. The molecule has 0 aromatic heterocycles. The van der Waals surface area contributed by atoms with Gasteiger partial charge in [0, 0.05) is 12.8 Å². The highest BCUT2D eigenvalue weighted by Crippen LogP contribution is 2.69. The van der Waals surface area contributed by atoms with Crippen molar-refractivity contribution < 1.29 is 102 Å². The van der Waals surface area contributed by atoms with E-state index in [-0.39, 0.29) is 24.2 Å². The van der Waals surface area contributed by atoms with E-state index in [2.05, 4.69) is 27.7 Å². The molecule has 0 N–H and O–H groups in total. The quantitative estimate of drug-likeness (QED) is 0.0825. The molecule has 2 nitrogen and oxygen atoms in total. The molecule has 0 bridgehead atoms. The van der Waals surface area contributed by atoms with Gasteiger partial charge >= 0.3 is 65.4 Å². The summed E-state index contributed by atoms with van der Waals surface area (Å²) in [6, 6.07) is 0. The van der Waals surface area contributed by atoms with Gasteiger partial charge in [-0.3, -0.25) is 4.79 Å². The minimum atomic E-state index is -9.23. The number of halogens is 21. The molecule has 0 amide bonds.